The third-order valence-electron chi connectivity index (χ3n) is 5.82. The molecular formula is C23H31N5O3+2. The van der Waals surface area contributed by atoms with Gasteiger partial charge in [-0.25, -0.2) is 0 Å². The molecule has 1 aliphatic heterocycles. The van der Waals surface area contributed by atoms with Crippen molar-refractivity contribution in [2.24, 2.45) is 5.73 Å². The van der Waals surface area contributed by atoms with Gasteiger partial charge in [-0.2, -0.15) is 0 Å². The van der Waals surface area contributed by atoms with E-state index in [4.69, 9.17) is 5.73 Å². The molecule has 0 radical (unpaired) electrons. The summed E-state index contributed by atoms with van der Waals surface area (Å²) >= 11 is 0. The molecule has 1 aliphatic rings. The number of nitrogens with two attached hydrogens (primary N) is 1. The van der Waals surface area contributed by atoms with E-state index in [1.165, 1.54) is 39.6 Å². The number of quaternary nitrogens is 2. The van der Waals surface area contributed by atoms with Crippen LogP contribution in [0.15, 0.2) is 48.5 Å². The van der Waals surface area contributed by atoms with Gasteiger partial charge in [-0.1, -0.05) is 29.8 Å². The number of piperazine rings is 1. The number of amides is 3. The summed E-state index contributed by atoms with van der Waals surface area (Å²) in [5.41, 5.74) is 8.31. The van der Waals surface area contributed by atoms with E-state index in [2.05, 4.69) is 41.9 Å². The SMILES string of the molecule is Cc1ccc([C@H](CNC(=O)C(=O)Nc2ccc(C(N)=O)cc2)[NH+]2CC[NH+](C)CC2)cc1. The predicted octanol–water partition coefficient (Wildman–Crippen LogP) is -1.70. The molecule has 1 fully saturated rings. The topological polar surface area (TPSA) is 110 Å². The van der Waals surface area contributed by atoms with Crippen LogP contribution in [-0.2, 0) is 9.59 Å². The van der Waals surface area contributed by atoms with Crippen molar-refractivity contribution in [3.8, 4) is 0 Å². The van der Waals surface area contributed by atoms with Crippen LogP contribution in [0.1, 0.15) is 27.5 Å². The van der Waals surface area contributed by atoms with Crippen LogP contribution < -0.4 is 26.2 Å². The largest absolute Gasteiger partial charge is 0.366 e. The van der Waals surface area contributed by atoms with Crippen LogP contribution in [-0.4, -0.2) is 57.5 Å². The summed E-state index contributed by atoms with van der Waals surface area (Å²) < 4.78 is 0. The zero-order chi connectivity index (χ0) is 22.4. The summed E-state index contributed by atoms with van der Waals surface area (Å²) in [4.78, 5) is 38.8. The molecule has 8 heteroatoms. The van der Waals surface area contributed by atoms with E-state index < -0.39 is 17.7 Å². The molecule has 0 spiro atoms. The van der Waals surface area contributed by atoms with Crippen molar-refractivity contribution in [3.63, 3.8) is 0 Å². The van der Waals surface area contributed by atoms with Gasteiger partial charge in [0.15, 0.2) is 0 Å². The van der Waals surface area contributed by atoms with E-state index in [1.807, 2.05) is 6.92 Å². The molecule has 0 aromatic heterocycles. The maximum absolute atomic E-state index is 12.4. The molecule has 1 atom stereocenters. The quantitative estimate of drug-likeness (QED) is 0.356. The second kappa shape index (κ2) is 10.2. The van der Waals surface area contributed by atoms with Crippen LogP contribution in [0.2, 0.25) is 0 Å². The number of hydrogen-bond acceptors (Lipinski definition) is 3. The first-order valence-electron chi connectivity index (χ1n) is 10.5. The number of benzene rings is 2. The third kappa shape index (κ3) is 6.13. The Labute approximate surface area is 182 Å². The number of aryl methyl sites for hydroxylation is 1. The summed E-state index contributed by atoms with van der Waals surface area (Å²) in [6, 6.07) is 14.5. The number of anilines is 1. The average Bonchev–Trinajstić information content (AvgIpc) is 2.76. The maximum Gasteiger partial charge on any atom is 0.313 e. The molecule has 2 aromatic rings. The van der Waals surface area contributed by atoms with Gasteiger partial charge in [0.05, 0.1) is 13.6 Å². The second-order valence-corrected chi connectivity index (χ2v) is 8.18. The summed E-state index contributed by atoms with van der Waals surface area (Å²) in [5, 5.41) is 5.35. The number of hydrogen-bond donors (Lipinski definition) is 5. The predicted molar refractivity (Wildman–Crippen MR) is 118 cm³/mol. The van der Waals surface area contributed by atoms with Crippen LogP contribution in [0.5, 0.6) is 0 Å². The fourth-order valence-electron chi connectivity index (χ4n) is 3.82. The van der Waals surface area contributed by atoms with Crippen molar-refractivity contribution in [1.29, 1.82) is 0 Å². The standard InChI is InChI=1S/C23H29N5O3/c1-16-3-5-17(6-4-16)20(28-13-11-27(2)12-14-28)15-25-22(30)23(31)26-19-9-7-18(8-10-19)21(24)29/h3-10,20H,11-15H2,1-2H3,(H2,24,29)(H,25,30)(H,26,31)/p+2/t20-/m0/s1. The molecule has 1 heterocycles. The number of rotatable bonds is 6. The Morgan fingerprint density at radius 1 is 0.935 bits per heavy atom. The molecule has 0 saturated carbocycles. The van der Waals surface area contributed by atoms with E-state index in [0.717, 1.165) is 31.7 Å². The van der Waals surface area contributed by atoms with E-state index in [9.17, 15) is 14.4 Å². The van der Waals surface area contributed by atoms with Gasteiger partial charge in [0.25, 0.3) is 0 Å². The number of primary amides is 1. The second-order valence-electron chi connectivity index (χ2n) is 8.18. The number of carbonyl (C=O) groups excluding carboxylic acids is 3. The zero-order valence-corrected chi connectivity index (χ0v) is 18.0. The summed E-state index contributed by atoms with van der Waals surface area (Å²) in [6.07, 6.45) is 0. The summed E-state index contributed by atoms with van der Waals surface area (Å²) in [7, 11) is 2.19. The lowest BCUT2D eigenvalue weighted by Crippen LogP contribution is -3.27. The number of likely N-dealkylation sites (N-methyl/N-ethyl adjacent to an activating group) is 1. The molecule has 164 valence electrons. The van der Waals surface area contributed by atoms with Crippen molar-refractivity contribution in [2.75, 3.05) is 45.1 Å². The van der Waals surface area contributed by atoms with E-state index in [1.54, 1.807) is 0 Å². The molecule has 0 bridgehead atoms. The molecule has 0 aliphatic carbocycles. The van der Waals surface area contributed by atoms with Gasteiger partial charge in [-0.05, 0) is 31.2 Å². The minimum absolute atomic E-state index is 0.0836. The van der Waals surface area contributed by atoms with Crippen LogP contribution >= 0.6 is 0 Å². The highest BCUT2D eigenvalue weighted by Gasteiger charge is 2.30. The van der Waals surface area contributed by atoms with Gasteiger partial charge in [-0.3, -0.25) is 14.4 Å². The van der Waals surface area contributed by atoms with Crippen molar-refractivity contribution >= 4 is 23.4 Å². The Balaban J connectivity index is 1.62. The van der Waals surface area contributed by atoms with Crippen molar-refractivity contribution in [3.05, 3.63) is 65.2 Å². The molecule has 6 N–H and O–H groups in total. The number of nitrogens with one attached hydrogen (secondary N) is 4. The maximum atomic E-state index is 12.4. The lowest BCUT2D eigenvalue weighted by Gasteiger charge is -2.33. The molecule has 2 aromatic carbocycles. The van der Waals surface area contributed by atoms with Gasteiger partial charge in [0.2, 0.25) is 5.91 Å². The minimum Gasteiger partial charge on any atom is -0.366 e. The highest BCUT2D eigenvalue weighted by Crippen LogP contribution is 2.11. The Bertz CT molecular complexity index is 919. The number of carbonyl (C=O) groups is 3. The normalized spacial score (nSPS) is 19.3. The van der Waals surface area contributed by atoms with Gasteiger partial charge in [0, 0.05) is 16.8 Å². The molecule has 8 nitrogen and oxygen atoms in total. The first-order valence-corrected chi connectivity index (χ1v) is 10.5. The van der Waals surface area contributed by atoms with Crippen molar-refractivity contribution in [1.82, 2.24) is 5.32 Å². The fraction of sp³-hybridized carbons (Fsp3) is 0.348. The van der Waals surface area contributed by atoms with E-state index >= 15 is 0 Å². The van der Waals surface area contributed by atoms with Gasteiger partial charge >= 0.3 is 11.8 Å². The highest BCUT2D eigenvalue weighted by molar-refractivity contribution is 6.39. The van der Waals surface area contributed by atoms with Gasteiger partial charge < -0.3 is 26.2 Å². The first-order chi connectivity index (χ1) is 14.8. The lowest BCUT2D eigenvalue weighted by atomic mass is 10.0. The van der Waals surface area contributed by atoms with Crippen LogP contribution in [0, 0.1) is 6.92 Å². The molecule has 1 saturated heterocycles. The molecule has 0 unspecified atom stereocenters. The molecule has 31 heavy (non-hydrogen) atoms. The average molecular weight is 426 g/mol. The van der Waals surface area contributed by atoms with Crippen LogP contribution in [0.3, 0.4) is 0 Å². The summed E-state index contributed by atoms with van der Waals surface area (Å²) in [5.74, 6) is -1.98. The van der Waals surface area contributed by atoms with E-state index in [-0.39, 0.29) is 6.04 Å². The summed E-state index contributed by atoms with van der Waals surface area (Å²) in [6.45, 7) is 6.61. The van der Waals surface area contributed by atoms with Gasteiger partial charge in [-0.15, -0.1) is 0 Å². The Morgan fingerprint density at radius 2 is 1.55 bits per heavy atom. The van der Waals surface area contributed by atoms with Crippen LogP contribution in [0.4, 0.5) is 5.69 Å². The van der Waals surface area contributed by atoms with E-state index in [0.29, 0.717) is 17.8 Å². The smallest absolute Gasteiger partial charge is 0.313 e. The minimum atomic E-state index is -0.743. The Morgan fingerprint density at radius 3 is 2.13 bits per heavy atom. The molecule has 3 amide bonds. The fourth-order valence-corrected chi connectivity index (χ4v) is 3.82. The van der Waals surface area contributed by atoms with Gasteiger partial charge in [0.1, 0.15) is 32.2 Å². The Kier molecular flexibility index (Phi) is 7.38. The van der Waals surface area contributed by atoms with Crippen molar-refractivity contribution < 1.29 is 24.2 Å². The first kappa shape index (κ1) is 22.5. The highest BCUT2D eigenvalue weighted by atomic mass is 16.2. The molecule has 3 rings (SSSR count). The Hall–Kier alpha value is -3.23. The van der Waals surface area contributed by atoms with Crippen molar-refractivity contribution in [2.45, 2.75) is 13.0 Å². The zero-order valence-electron chi connectivity index (χ0n) is 18.0. The van der Waals surface area contributed by atoms with Crippen LogP contribution in [0.25, 0.3) is 0 Å². The third-order valence-corrected chi connectivity index (χ3v) is 5.82. The lowest BCUT2D eigenvalue weighted by molar-refractivity contribution is -1.02. The molecular weight excluding hydrogens is 394 g/mol. The monoisotopic (exact) mass is 425 g/mol.